The van der Waals surface area contributed by atoms with Crippen molar-refractivity contribution < 1.29 is 47.1 Å². The summed E-state index contributed by atoms with van der Waals surface area (Å²) in [6, 6.07) is -0.140. The summed E-state index contributed by atoms with van der Waals surface area (Å²) in [5.74, 6) is -1.52. The van der Waals surface area contributed by atoms with Crippen LogP contribution in [0.3, 0.4) is 0 Å². The van der Waals surface area contributed by atoms with Gasteiger partial charge in [0.05, 0.1) is 31.4 Å². The quantitative estimate of drug-likeness (QED) is 0.155. The maximum atomic E-state index is 13.6. The molecule has 3 fully saturated rings. The number of esters is 1. The number of rotatable bonds is 11. The van der Waals surface area contributed by atoms with Crippen LogP contribution in [0.2, 0.25) is 5.28 Å². The van der Waals surface area contributed by atoms with Gasteiger partial charge < -0.3 is 32.9 Å². The maximum Gasteiger partial charge on any atom is 0.416 e. The minimum Gasteiger partial charge on any atom is -0.463 e. The van der Waals surface area contributed by atoms with Crippen molar-refractivity contribution in [2.45, 2.75) is 128 Å². The second kappa shape index (κ2) is 13.7. The lowest BCUT2D eigenvalue weighted by molar-refractivity contribution is -0.207. The molecule has 4 heterocycles. The molecule has 0 spiro atoms. The Morgan fingerprint density at radius 1 is 1.10 bits per heavy atom. The average Bonchev–Trinajstić information content (AvgIpc) is 3.75. The zero-order valence-corrected chi connectivity index (χ0v) is 30.7. The highest BCUT2D eigenvalue weighted by molar-refractivity contribution is 7.60. The predicted molar refractivity (Wildman–Crippen MR) is 175 cm³/mol. The van der Waals surface area contributed by atoms with Crippen LogP contribution in [0.15, 0.2) is 6.20 Å². The van der Waals surface area contributed by atoms with Crippen molar-refractivity contribution in [3.05, 3.63) is 11.5 Å². The molecule has 5 rings (SSSR count). The van der Waals surface area contributed by atoms with Crippen LogP contribution >= 0.6 is 19.0 Å². The van der Waals surface area contributed by atoms with E-state index in [4.69, 9.17) is 44.5 Å². The van der Waals surface area contributed by atoms with Crippen LogP contribution < -0.4 is 4.90 Å². The van der Waals surface area contributed by atoms with Gasteiger partial charge in [0.2, 0.25) is 18.0 Å². The zero-order chi connectivity index (χ0) is 35.2. The number of ether oxygens (including phenoxy) is 6. The molecule has 6 atom stereocenters. The number of amides is 1. The summed E-state index contributed by atoms with van der Waals surface area (Å²) >= 11 is 6.52. The molecule has 1 saturated carbocycles. The Kier molecular flexibility index (Phi) is 10.5. The summed E-state index contributed by atoms with van der Waals surface area (Å²) in [6.45, 7) is 15.0. The first-order valence-corrected chi connectivity index (χ1v) is 18.8. The van der Waals surface area contributed by atoms with Gasteiger partial charge in [-0.2, -0.15) is 15.1 Å². The van der Waals surface area contributed by atoms with E-state index in [1.807, 2.05) is 20.8 Å². The zero-order valence-electron chi connectivity index (χ0n) is 29.1. The van der Waals surface area contributed by atoms with Gasteiger partial charge in [0, 0.05) is 12.7 Å². The molecule has 0 bridgehead atoms. The summed E-state index contributed by atoms with van der Waals surface area (Å²) < 4.78 is 56.8. The molecule has 15 nitrogen and oxygen atoms in total. The van der Waals surface area contributed by atoms with E-state index in [-0.39, 0.29) is 37.0 Å². The monoisotopic (exact) mass is 715 g/mol. The van der Waals surface area contributed by atoms with Crippen molar-refractivity contribution in [2.24, 2.45) is 0 Å². The number of hydrogen-bond acceptors (Lipinski definition) is 13. The van der Waals surface area contributed by atoms with Crippen LogP contribution in [-0.4, -0.2) is 99.4 Å². The number of fused-ring (bicyclic) bond motifs is 2. The van der Waals surface area contributed by atoms with Gasteiger partial charge in [-0.1, -0.05) is 12.8 Å². The minimum absolute atomic E-state index is 0.0621. The van der Waals surface area contributed by atoms with Crippen molar-refractivity contribution in [2.75, 3.05) is 31.4 Å². The molecule has 2 aliphatic heterocycles. The Bertz CT molecular complexity index is 1560. The van der Waals surface area contributed by atoms with Crippen LogP contribution in [-0.2, 0) is 42.3 Å². The fourth-order valence-electron chi connectivity index (χ4n) is 6.35. The summed E-state index contributed by atoms with van der Waals surface area (Å²) in [5.41, 5.74) is -0.428. The summed E-state index contributed by atoms with van der Waals surface area (Å²) in [4.78, 5) is 37.3. The van der Waals surface area contributed by atoms with E-state index in [1.165, 1.54) is 18.3 Å². The van der Waals surface area contributed by atoms with E-state index in [1.54, 1.807) is 38.8 Å². The number of hydrogen-bond donors (Lipinski definition) is 0. The third-order valence-corrected chi connectivity index (χ3v) is 11.4. The average molecular weight is 716 g/mol. The summed E-state index contributed by atoms with van der Waals surface area (Å²) in [5, 5.41) is 3.09. The van der Waals surface area contributed by atoms with Crippen LogP contribution in [0.1, 0.15) is 87.3 Å². The summed E-state index contributed by atoms with van der Waals surface area (Å²) in [7, 11) is -3.67. The van der Waals surface area contributed by atoms with E-state index in [9.17, 15) is 14.2 Å². The molecule has 17 heteroatoms. The van der Waals surface area contributed by atoms with Crippen LogP contribution in [0.5, 0.6) is 0 Å². The Morgan fingerprint density at radius 2 is 1.77 bits per heavy atom. The highest BCUT2D eigenvalue weighted by atomic mass is 35.5. The fourth-order valence-corrected chi connectivity index (χ4v) is 7.95. The van der Waals surface area contributed by atoms with Crippen molar-refractivity contribution in [3.63, 3.8) is 0 Å². The number of aromatic nitrogens is 4. The lowest BCUT2D eigenvalue weighted by Crippen LogP contribution is -2.44. The number of carbonyl (C=O) groups excluding carboxylic acids is 2. The van der Waals surface area contributed by atoms with E-state index in [0.29, 0.717) is 11.0 Å². The van der Waals surface area contributed by atoms with E-state index in [0.717, 1.165) is 25.7 Å². The fraction of sp³-hybridized carbons (Fsp3) is 0.774. The lowest BCUT2D eigenvalue weighted by atomic mass is 10.1. The van der Waals surface area contributed by atoms with E-state index < -0.39 is 60.7 Å². The highest BCUT2D eigenvalue weighted by Crippen LogP contribution is 2.57. The van der Waals surface area contributed by atoms with Gasteiger partial charge in [-0.15, -0.1) is 0 Å². The molecule has 2 saturated heterocycles. The van der Waals surface area contributed by atoms with Gasteiger partial charge in [0.25, 0.3) is 0 Å². The Balaban J connectivity index is 1.50. The molecule has 0 radical (unpaired) electrons. The first-order chi connectivity index (χ1) is 22.4. The van der Waals surface area contributed by atoms with Crippen molar-refractivity contribution in [3.8, 4) is 0 Å². The van der Waals surface area contributed by atoms with E-state index in [2.05, 4.69) is 15.1 Å². The smallest absolute Gasteiger partial charge is 0.416 e. The largest absolute Gasteiger partial charge is 0.463 e. The highest BCUT2D eigenvalue weighted by Gasteiger charge is 2.58. The number of halogens is 1. The van der Waals surface area contributed by atoms with E-state index >= 15 is 0 Å². The summed E-state index contributed by atoms with van der Waals surface area (Å²) in [6.07, 6.45) is 1.46. The molecule has 2 unspecified atom stereocenters. The Hall–Kier alpha value is -2.39. The SMILES string of the molecule is CCOC(=O)C(C)(OC[C@H]1O[C@@H](n2ncc3c(N(C(=O)OC(C)(C)C)C4CCCC4)nc(Cl)nc32)[C@@H]2OC(C)(C)O[C@@H]21)P(C)(=O)OCC. The number of carbonyl (C=O) groups is 2. The molecule has 1 amide bonds. The molecule has 2 aromatic heterocycles. The second-order valence-corrected chi connectivity index (χ2v) is 17.0. The topological polar surface area (TPSA) is 163 Å². The van der Waals surface area contributed by atoms with Crippen molar-refractivity contribution in [1.82, 2.24) is 19.7 Å². The lowest BCUT2D eigenvalue weighted by Gasteiger charge is -2.34. The second-order valence-electron chi connectivity index (χ2n) is 13.8. The van der Waals surface area contributed by atoms with Gasteiger partial charge in [-0.3, -0.25) is 9.46 Å². The molecule has 0 aromatic carbocycles. The molecule has 1 aliphatic carbocycles. The molecule has 3 aliphatic rings. The molecule has 0 N–H and O–H groups in total. The Labute approximate surface area is 285 Å². The van der Waals surface area contributed by atoms with Crippen LogP contribution in [0, 0.1) is 0 Å². The standard InChI is InChI=1S/C31H47ClN5O10P/c1-10-41-26(38)31(8,48(9,40)43-11-2)42-17-20-21-22(46-30(6,7)45-21)25(44-20)37-24-19(16-33-37)23(34-27(32)35-24)36(18-14-12-13-15-18)28(39)47-29(3,4)5/h16,18,20-22,25H,10-15,17H2,1-9H3/t20-,21-,22-,25-,31?,48?/m1/s1. The van der Waals surface area contributed by atoms with Crippen molar-refractivity contribution in [1.29, 1.82) is 0 Å². The third kappa shape index (κ3) is 7.24. The van der Waals surface area contributed by atoms with Gasteiger partial charge in [-0.05, 0) is 79.8 Å². The Morgan fingerprint density at radius 3 is 2.40 bits per heavy atom. The normalized spacial score (nSPS) is 26.6. The van der Waals surface area contributed by atoms with Crippen molar-refractivity contribution >= 4 is 47.9 Å². The van der Waals surface area contributed by atoms with Crippen LogP contribution in [0.25, 0.3) is 11.0 Å². The predicted octanol–water partition coefficient (Wildman–Crippen LogP) is 5.82. The first-order valence-electron chi connectivity index (χ1n) is 16.4. The third-order valence-electron chi connectivity index (χ3n) is 8.61. The van der Waals surface area contributed by atoms with Gasteiger partial charge in [-0.25, -0.2) is 14.3 Å². The van der Waals surface area contributed by atoms with Crippen LogP contribution in [0.4, 0.5) is 10.6 Å². The number of anilines is 1. The number of nitrogens with zero attached hydrogens (tertiary/aromatic N) is 5. The molecule has 268 valence electrons. The van der Waals surface area contributed by atoms with Gasteiger partial charge >= 0.3 is 12.1 Å². The minimum atomic E-state index is -3.67. The first kappa shape index (κ1) is 36.9. The molecular formula is C31H47ClN5O10P. The molecule has 48 heavy (non-hydrogen) atoms. The van der Waals surface area contributed by atoms with Gasteiger partial charge in [0.15, 0.2) is 23.5 Å². The molecular weight excluding hydrogens is 669 g/mol. The van der Waals surface area contributed by atoms with Gasteiger partial charge in [0.1, 0.15) is 23.9 Å². The molecule has 2 aromatic rings. The maximum absolute atomic E-state index is 13.6.